The molecular formula is C15H24F2IN3S. The van der Waals surface area contributed by atoms with Gasteiger partial charge in [0.25, 0.3) is 0 Å². The molecule has 0 saturated heterocycles. The summed E-state index contributed by atoms with van der Waals surface area (Å²) in [6.07, 6.45) is 3.08. The first-order chi connectivity index (χ1) is 10.1. The smallest absolute Gasteiger partial charge is 0.191 e. The fourth-order valence-corrected chi connectivity index (χ4v) is 2.21. The van der Waals surface area contributed by atoms with E-state index in [2.05, 4.69) is 21.9 Å². The van der Waals surface area contributed by atoms with Crippen LogP contribution in [0.15, 0.2) is 23.2 Å². The summed E-state index contributed by atoms with van der Waals surface area (Å²) in [7, 11) is 0. The van der Waals surface area contributed by atoms with Gasteiger partial charge in [0.2, 0.25) is 0 Å². The van der Waals surface area contributed by atoms with E-state index >= 15 is 0 Å². The maximum atomic E-state index is 13.3. The number of hydrogen-bond acceptors (Lipinski definition) is 2. The minimum absolute atomic E-state index is 0. The predicted molar refractivity (Wildman–Crippen MR) is 102 cm³/mol. The number of nitrogens with zero attached hydrogens (tertiary/aromatic N) is 1. The van der Waals surface area contributed by atoms with E-state index in [4.69, 9.17) is 0 Å². The second-order valence-corrected chi connectivity index (χ2v) is 5.63. The minimum Gasteiger partial charge on any atom is -0.357 e. The van der Waals surface area contributed by atoms with Crippen LogP contribution in [0.1, 0.15) is 31.9 Å². The third kappa shape index (κ3) is 7.62. The van der Waals surface area contributed by atoms with E-state index in [1.165, 1.54) is 6.07 Å². The monoisotopic (exact) mass is 443 g/mol. The van der Waals surface area contributed by atoms with Gasteiger partial charge in [0.15, 0.2) is 17.6 Å². The SMILES string of the molecule is CCNC(=NCCCSC)NC(C)c1ccc(F)c(F)c1.I. The number of guanidine groups is 1. The molecule has 1 aromatic carbocycles. The van der Waals surface area contributed by atoms with Crippen molar-refractivity contribution in [2.24, 2.45) is 4.99 Å². The highest BCUT2D eigenvalue weighted by atomic mass is 127. The van der Waals surface area contributed by atoms with Crippen LogP contribution < -0.4 is 10.6 Å². The zero-order valence-electron chi connectivity index (χ0n) is 13.2. The topological polar surface area (TPSA) is 36.4 Å². The van der Waals surface area contributed by atoms with Crippen molar-refractivity contribution in [1.29, 1.82) is 0 Å². The molecule has 3 nitrogen and oxygen atoms in total. The standard InChI is InChI=1S/C15H23F2N3S.HI/c1-4-18-15(19-8-5-9-21-3)20-11(2)12-6-7-13(16)14(17)10-12;/h6-7,10-11H,4-5,8-9H2,1-3H3,(H2,18,19,20);1H. The van der Waals surface area contributed by atoms with Crippen molar-refractivity contribution in [2.45, 2.75) is 26.3 Å². The molecule has 0 aliphatic heterocycles. The first kappa shape index (κ1) is 21.4. The van der Waals surface area contributed by atoms with E-state index < -0.39 is 11.6 Å². The quantitative estimate of drug-likeness (QED) is 0.290. The number of hydrogen-bond donors (Lipinski definition) is 2. The van der Waals surface area contributed by atoms with Gasteiger partial charge in [-0.15, -0.1) is 24.0 Å². The Morgan fingerprint density at radius 1 is 1.32 bits per heavy atom. The molecule has 7 heteroatoms. The van der Waals surface area contributed by atoms with Gasteiger partial charge in [-0.2, -0.15) is 11.8 Å². The molecule has 126 valence electrons. The highest BCUT2D eigenvalue weighted by Gasteiger charge is 2.10. The van der Waals surface area contributed by atoms with Crippen LogP contribution in [0.5, 0.6) is 0 Å². The van der Waals surface area contributed by atoms with Crippen molar-refractivity contribution in [3.63, 3.8) is 0 Å². The van der Waals surface area contributed by atoms with Crippen molar-refractivity contribution in [2.75, 3.05) is 25.1 Å². The minimum atomic E-state index is -0.830. The number of nitrogens with one attached hydrogen (secondary N) is 2. The third-order valence-corrected chi connectivity index (χ3v) is 3.61. The zero-order valence-corrected chi connectivity index (χ0v) is 16.3. The van der Waals surface area contributed by atoms with E-state index in [0.717, 1.165) is 31.3 Å². The maximum Gasteiger partial charge on any atom is 0.191 e. The van der Waals surface area contributed by atoms with Crippen molar-refractivity contribution in [3.05, 3.63) is 35.4 Å². The molecule has 0 radical (unpaired) electrons. The van der Waals surface area contributed by atoms with Crippen LogP contribution in [0.25, 0.3) is 0 Å². The highest BCUT2D eigenvalue weighted by molar-refractivity contribution is 14.0. The Balaban J connectivity index is 0.00000441. The molecule has 0 aromatic heterocycles. The van der Waals surface area contributed by atoms with E-state index in [-0.39, 0.29) is 30.0 Å². The molecule has 0 aliphatic carbocycles. The molecule has 1 unspecified atom stereocenters. The summed E-state index contributed by atoms with van der Waals surface area (Å²) < 4.78 is 26.2. The summed E-state index contributed by atoms with van der Waals surface area (Å²) in [5, 5.41) is 6.35. The van der Waals surface area contributed by atoms with Gasteiger partial charge in [-0.05, 0) is 50.0 Å². The number of thioether (sulfide) groups is 1. The Kier molecular flexibility index (Phi) is 11.6. The molecule has 22 heavy (non-hydrogen) atoms. The van der Waals surface area contributed by atoms with E-state index in [1.54, 1.807) is 17.8 Å². The Morgan fingerprint density at radius 2 is 2.05 bits per heavy atom. The summed E-state index contributed by atoms with van der Waals surface area (Å²) in [6.45, 7) is 5.36. The van der Waals surface area contributed by atoms with Crippen LogP contribution in [-0.4, -0.2) is 31.1 Å². The van der Waals surface area contributed by atoms with Gasteiger partial charge in [-0.3, -0.25) is 4.99 Å². The van der Waals surface area contributed by atoms with Crippen LogP contribution in [0.4, 0.5) is 8.78 Å². The Labute approximate surface area is 152 Å². The van der Waals surface area contributed by atoms with Crippen molar-refractivity contribution in [1.82, 2.24) is 10.6 Å². The van der Waals surface area contributed by atoms with Gasteiger partial charge in [-0.1, -0.05) is 6.07 Å². The molecule has 1 atom stereocenters. The van der Waals surface area contributed by atoms with E-state index in [9.17, 15) is 8.78 Å². The highest BCUT2D eigenvalue weighted by Crippen LogP contribution is 2.15. The lowest BCUT2D eigenvalue weighted by molar-refractivity contribution is 0.504. The maximum absolute atomic E-state index is 13.3. The molecular weight excluding hydrogens is 419 g/mol. The summed E-state index contributed by atoms with van der Waals surface area (Å²) in [5.74, 6) is 0.101. The van der Waals surface area contributed by atoms with Gasteiger partial charge >= 0.3 is 0 Å². The van der Waals surface area contributed by atoms with Crippen LogP contribution in [0.2, 0.25) is 0 Å². The lowest BCUT2D eigenvalue weighted by Gasteiger charge is -2.18. The third-order valence-electron chi connectivity index (χ3n) is 2.92. The number of rotatable bonds is 7. The Hall–Kier alpha value is -0.570. The molecule has 0 bridgehead atoms. The number of halogens is 3. The lowest BCUT2D eigenvalue weighted by Crippen LogP contribution is -2.38. The van der Waals surface area contributed by atoms with Gasteiger partial charge < -0.3 is 10.6 Å². The Morgan fingerprint density at radius 3 is 2.64 bits per heavy atom. The summed E-state index contributed by atoms with van der Waals surface area (Å²) in [6, 6.07) is 3.78. The summed E-state index contributed by atoms with van der Waals surface area (Å²) in [5.41, 5.74) is 0.684. The van der Waals surface area contributed by atoms with Gasteiger partial charge in [0, 0.05) is 13.1 Å². The second kappa shape index (κ2) is 11.9. The first-order valence-corrected chi connectivity index (χ1v) is 8.46. The molecule has 0 spiro atoms. The van der Waals surface area contributed by atoms with Crippen LogP contribution >= 0.6 is 35.7 Å². The largest absolute Gasteiger partial charge is 0.357 e. The molecule has 0 heterocycles. The average molecular weight is 443 g/mol. The number of benzene rings is 1. The van der Waals surface area contributed by atoms with Gasteiger partial charge in [0.05, 0.1) is 6.04 Å². The van der Waals surface area contributed by atoms with Gasteiger partial charge in [0.1, 0.15) is 0 Å². The molecule has 0 amide bonds. The van der Waals surface area contributed by atoms with E-state index in [0.29, 0.717) is 11.5 Å². The molecule has 2 N–H and O–H groups in total. The molecule has 1 rings (SSSR count). The fraction of sp³-hybridized carbons (Fsp3) is 0.533. The van der Waals surface area contributed by atoms with Crippen molar-refractivity contribution in [3.8, 4) is 0 Å². The fourth-order valence-electron chi connectivity index (χ4n) is 1.79. The first-order valence-electron chi connectivity index (χ1n) is 7.07. The predicted octanol–water partition coefficient (Wildman–Crippen LogP) is 3.95. The lowest BCUT2D eigenvalue weighted by atomic mass is 10.1. The van der Waals surface area contributed by atoms with Gasteiger partial charge in [-0.25, -0.2) is 8.78 Å². The van der Waals surface area contributed by atoms with E-state index in [1.807, 2.05) is 13.8 Å². The van der Waals surface area contributed by atoms with Crippen LogP contribution in [-0.2, 0) is 0 Å². The Bertz CT molecular complexity index is 472. The zero-order chi connectivity index (χ0) is 15.7. The molecule has 0 saturated carbocycles. The number of aliphatic imine (C=N–C) groups is 1. The van der Waals surface area contributed by atoms with Crippen LogP contribution in [0, 0.1) is 11.6 Å². The second-order valence-electron chi connectivity index (χ2n) is 4.65. The van der Waals surface area contributed by atoms with Crippen molar-refractivity contribution < 1.29 is 8.78 Å². The molecule has 0 fully saturated rings. The normalized spacial score (nSPS) is 12.5. The molecule has 1 aromatic rings. The van der Waals surface area contributed by atoms with Crippen molar-refractivity contribution >= 4 is 41.7 Å². The summed E-state index contributed by atoms with van der Waals surface area (Å²) >= 11 is 1.79. The average Bonchev–Trinajstić information content (AvgIpc) is 2.46. The van der Waals surface area contributed by atoms with Crippen LogP contribution in [0.3, 0.4) is 0 Å². The summed E-state index contributed by atoms with van der Waals surface area (Å²) in [4.78, 5) is 4.47. The molecule has 0 aliphatic rings.